The molecule has 3 rings (SSSR count). The third-order valence-corrected chi connectivity index (χ3v) is 8.84. The van der Waals surface area contributed by atoms with Gasteiger partial charge < -0.3 is 15.1 Å². The zero-order chi connectivity index (χ0) is 22.6. The molecule has 2 saturated heterocycles. The summed E-state index contributed by atoms with van der Waals surface area (Å²) in [6, 6.07) is 5.20. The van der Waals surface area contributed by atoms with E-state index in [-0.39, 0.29) is 15.5 Å². The normalized spacial score (nSPS) is 19.4. The molecule has 0 unspecified atom stereocenters. The largest absolute Gasteiger partial charge is 0.367 e. The average Bonchev–Trinajstić information content (AvgIpc) is 2.73. The van der Waals surface area contributed by atoms with Gasteiger partial charge in [0, 0.05) is 44.0 Å². The summed E-state index contributed by atoms with van der Waals surface area (Å²) in [7, 11) is -1.47. The number of sulfonamides is 1. The standard InChI is InChI=1S/C22H36N4O3S2/c1-22(2,3)30-17-21(27)23-19-16-18(31(28,29)26-10-6-5-7-11-26)8-9-20(19)25-14-12-24(4)13-15-25/h8-9,16H,5-7,10-15,17H2,1-4H3,(H,23,27). The van der Waals surface area contributed by atoms with E-state index in [0.717, 1.165) is 51.1 Å². The van der Waals surface area contributed by atoms with Crippen molar-refractivity contribution in [3.63, 3.8) is 0 Å². The van der Waals surface area contributed by atoms with Gasteiger partial charge in [-0.2, -0.15) is 4.31 Å². The lowest BCUT2D eigenvalue weighted by molar-refractivity contribution is -0.113. The molecule has 1 amide bonds. The van der Waals surface area contributed by atoms with Crippen molar-refractivity contribution in [1.29, 1.82) is 0 Å². The number of nitrogens with one attached hydrogen (secondary N) is 1. The molecule has 174 valence electrons. The molecule has 1 N–H and O–H groups in total. The van der Waals surface area contributed by atoms with Gasteiger partial charge in [-0.05, 0) is 38.1 Å². The number of piperidine rings is 1. The van der Waals surface area contributed by atoms with E-state index in [0.29, 0.717) is 24.5 Å². The minimum absolute atomic E-state index is 0.0168. The monoisotopic (exact) mass is 468 g/mol. The van der Waals surface area contributed by atoms with Crippen molar-refractivity contribution in [2.24, 2.45) is 0 Å². The number of thioether (sulfide) groups is 1. The van der Waals surface area contributed by atoms with Gasteiger partial charge in [0.15, 0.2) is 0 Å². The topological polar surface area (TPSA) is 73.0 Å². The number of anilines is 2. The number of carbonyl (C=O) groups excluding carboxylic acids is 1. The summed E-state index contributed by atoms with van der Waals surface area (Å²) in [4.78, 5) is 17.4. The molecule has 7 nitrogen and oxygen atoms in total. The highest BCUT2D eigenvalue weighted by Crippen LogP contribution is 2.32. The summed E-state index contributed by atoms with van der Waals surface area (Å²) in [5.74, 6) is 0.220. The first-order chi connectivity index (χ1) is 14.6. The molecule has 31 heavy (non-hydrogen) atoms. The minimum atomic E-state index is -3.56. The van der Waals surface area contributed by atoms with Gasteiger partial charge in [0.25, 0.3) is 0 Å². The predicted molar refractivity (Wildman–Crippen MR) is 130 cm³/mol. The molecule has 2 aliphatic heterocycles. The molecule has 0 radical (unpaired) electrons. The number of hydrogen-bond acceptors (Lipinski definition) is 6. The molecule has 0 spiro atoms. The molecule has 1 aromatic carbocycles. The Labute approximate surface area is 191 Å². The van der Waals surface area contributed by atoms with Gasteiger partial charge in [-0.25, -0.2) is 8.42 Å². The number of carbonyl (C=O) groups is 1. The van der Waals surface area contributed by atoms with Crippen molar-refractivity contribution in [3.8, 4) is 0 Å². The highest BCUT2D eigenvalue weighted by Gasteiger charge is 2.28. The second-order valence-electron chi connectivity index (χ2n) is 9.38. The van der Waals surface area contributed by atoms with E-state index in [1.165, 1.54) is 0 Å². The Kier molecular flexibility index (Phi) is 7.94. The van der Waals surface area contributed by atoms with Crippen LogP contribution < -0.4 is 10.2 Å². The maximum Gasteiger partial charge on any atom is 0.243 e. The number of hydrogen-bond donors (Lipinski definition) is 1. The lowest BCUT2D eigenvalue weighted by Gasteiger charge is -2.35. The molecule has 0 saturated carbocycles. The van der Waals surface area contributed by atoms with Gasteiger partial charge in [-0.3, -0.25) is 4.79 Å². The van der Waals surface area contributed by atoms with Crippen LogP contribution in [0.15, 0.2) is 23.1 Å². The van der Waals surface area contributed by atoms with Gasteiger partial charge in [0.1, 0.15) is 0 Å². The fraction of sp³-hybridized carbons (Fsp3) is 0.682. The van der Waals surface area contributed by atoms with E-state index >= 15 is 0 Å². The lowest BCUT2D eigenvalue weighted by atomic mass is 10.2. The summed E-state index contributed by atoms with van der Waals surface area (Å²) in [5.41, 5.74) is 1.47. The molecule has 0 bridgehead atoms. The van der Waals surface area contributed by atoms with Gasteiger partial charge >= 0.3 is 0 Å². The number of benzene rings is 1. The lowest BCUT2D eigenvalue weighted by Crippen LogP contribution is -2.44. The highest BCUT2D eigenvalue weighted by molar-refractivity contribution is 8.01. The van der Waals surface area contributed by atoms with Crippen LogP contribution in [0.1, 0.15) is 40.0 Å². The Morgan fingerprint density at radius 1 is 1.03 bits per heavy atom. The second-order valence-corrected chi connectivity index (χ2v) is 13.1. The van der Waals surface area contributed by atoms with E-state index in [4.69, 9.17) is 0 Å². The van der Waals surface area contributed by atoms with Crippen LogP contribution in [0.2, 0.25) is 0 Å². The van der Waals surface area contributed by atoms with Crippen molar-refractivity contribution < 1.29 is 13.2 Å². The SMILES string of the molecule is CN1CCN(c2ccc(S(=O)(=O)N3CCCCC3)cc2NC(=O)CSC(C)(C)C)CC1. The van der Waals surface area contributed by atoms with Gasteiger partial charge in [-0.1, -0.05) is 27.2 Å². The molecule has 2 fully saturated rings. The van der Waals surface area contributed by atoms with Crippen LogP contribution in [-0.2, 0) is 14.8 Å². The number of amides is 1. The predicted octanol–water partition coefficient (Wildman–Crippen LogP) is 3.08. The third kappa shape index (κ3) is 6.60. The Balaban J connectivity index is 1.87. The summed E-state index contributed by atoms with van der Waals surface area (Å²) in [6.07, 6.45) is 2.86. The Morgan fingerprint density at radius 3 is 2.29 bits per heavy atom. The van der Waals surface area contributed by atoms with Crippen LogP contribution in [0.3, 0.4) is 0 Å². The maximum atomic E-state index is 13.2. The number of piperazine rings is 1. The van der Waals surface area contributed by atoms with Crippen LogP contribution in [0, 0.1) is 0 Å². The molecule has 1 aromatic rings. The first kappa shape index (κ1) is 24.4. The minimum Gasteiger partial charge on any atom is -0.367 e. The van der Waals surface area contributed by atoms with Gasteiger partial charge in [0.2, 0.25) is 15.9 Å². The van der Waals surface area contributed by atoms with Gasteiger partial charge in [0.05, 0.1) is 22.0 Å². The highest BCUT2D eigenvalue weighted by atomic mass is 32.2. The summed E-state index contributed by atoms with van der Waals surface area (Å²) in [6.45, 7) is 10.9. The fourth-order valence-electron chi connectivity index (χ4n) is 3.82. The zero-order valence-electron chi connectivity index (χ0n) is 19.2. The first-order valence-electron chi connectivity index (χ1n) is 11.1. The number of rotatable bonds is 6. The fourth-order valence-corrected chi connectivity index (χ4v) is 6.00. The third-order valence-electron chi connectivity index (χ3n) is 5.68. The van der Waals surface area contributed by atoms with Crippen LogP contribution in [0.25, 0.3) is 0 Å². The molecular weight excluding hydrogens is 432 g/mol. The van der Waals surface area contributed by atoms with E-state index in [9.17, 15) is 13.2 Å². The average molecular weight is 469 g/mol. The van der Waals surface area contributed by atoms with Crippen LogP contribution in [0.4, 0.5) is 11.4 Å². The van der Waals surface area contributed by atoms with Crippen molar-refractivity contribution in [2.45, 2.75) is 49.7 Å². The van der Waals surface area contributed by atoms with E-state index in [2.05, 4.69) is 42.9 Å². The maximum absolute atomic E-state index is 13.2. The Morgan fingerprint density at radius 2 is 1.68 bits per heavy atom. The van der Waals surface area contributed by atoms with E-state index < -0.39 is 10.0 Å². The zero-order valence-corrected chi connectivity index (χ0v) is 20.8. The van der Waals surface area contributed by atoms with Gasteiger partial charge in [-0.15, -0.1) is 11.8 Å². The molecule has 2 aliphatic rings. The second kappa shape index (κ2) is 10.1. The molecular formula is C22H36N4O3S2. The van der Waals surface area contributed by atoms with Crippen molar-refractivity contribution >= 4 is 39.1 Å². The molecule has 0 atom stereocenters. The Hall–Kier alpha value is -1.29. The van der Waals surface area contributed by atoms with Crippen LogP contribution in [0.5, 0.6) is 0 Å². The van der Waals surface area contributed by atoms with E-state index in [1.807, 2.05) is 6.07 Å². The molecule has 9 heteroatoms. The van der Waals surface area contributed by atoms with Crippen molar-refractivity contribution in [2.75, 3.05) is 62.3 Å². The molecule has 2 heterocycles. The van der Waals surface area contributed by atoms with Crippen molar-refractivity contribution in [1.82, 2.24) is 9.21 Å². The smallest absolute Gasteiger partial charge is 0.243 e. The van der Waals surface area contributed by atoms with E-state index in [1.54, 1.807) is 28.2 Å². The molecule has 0 aromatic heterocycles. The quantitative estimate of drug-likeness (QED) is 0.692. The van der Waals surface area contributed by atoms with Crippen LogP contribution in [-0.4, -0.2) is 80.3 Å². The number of nitrogens with zero attached hydrogens (tertiary/aromatic N) is 3. The first-order valence-corrected chi connectivity index (χ1v) is 13.5. The summed E-state index contributed by atoms with van der Waals surface area (Å²) < 4.78 is 28.0. The summed E-state index contributed by atoms with van der Waals surface area (Å²) >= 11 is 1.58. The van der Waals surface area contributed by atoms with Crippen LogP contribution >= 0.6 is 11.8 Å². The number of likely N-dealkylation sites (N-methyl/N-ethyl adjacent to an activating group) is 1. The molecule has 0 aliphatic carbocycles. The Bertz CT molecular complexity index is 869. The van der Waals surface area contributed by atoms with Crippen molar-refractivity contribution in [3.05, 3.63) is 18.2 Å². The summed E-state index contributed by atoms with van der Waals surface area (Å²) in [5, 5.41) is 3.01.